The molecular formula is C13H18N2O2. The summed E-state index contributed by atoms with van der Waals surface area (Å²) >= 11 is 0. The number of hydrogen-bond acceptors (Lipinski definition) is 3. The zero-order valence-corrected chi connectivity index (χ0v) is 10.4. The van der Waals surface area contributed by atoms with Gasteiger partial charge in [0, 0.05) is 6.54 Å². The van der Waals surface area contributed by atoms with Crippen LogP contribution in [0.4, 0.5) is 11.4 Å². The Balaban J connectivity index is 2.52. The molecule has 0 unspecified atom stereocenters. The third kappa shape index (κ3) is 1.89. The van der Waals surface area contributed by atoms with E-state index in [2.05, 4.69) is 5.32 Å². The highest BCUT2D eigenvalue weighted by Gasteiger charge is 2.37. The minimum atomic E-state index is -0.600. The molecule has 0 radical (unpaired) electrons. The molecule has 0 bridgehead atoms. The van der Waals surface area contributed by atoms with Gasteiger partial charge in [0.2, 0.25) is 0 Å². The van der Waals surface area contributed by atoms with Crippen molar-refractivity contribution in [2.24, 2.45) is 0 Å². The maximum Gasteiger partial charge on any atom is 0.252 e. The van der Waals surface area contributed by atoms with Crippen LogP contribution in [0.3, 0.4) is 0 Å². The monoisotopic (exact) mass is 234 g/mol. The van der Waals surface area contributed by atoms with Crippen LogP contribution in [-0.2, 0) is 11.4 Å². The number of benzene rings is 1. The third-order valence-corrected chi connectivity index (χ3v) is 3.08. The molecule has 0 aliphatic carbocycles. The predicted octanol–water partition coefficient (Wildman–Crippen LogP) is 1.74. The third-order valence-electron chi connectivity index (χ3n) is 3.08. The fraction of sp³-hybridized carbons (Fsp3) is 0.462. The lowest BCUT2D eigenvalue weighted by Gasteiger charge is -2.39. The Labute approximate surface area is 101 Å². The van der Waals surface area contributed by atoms with E-state index in [-0.39, 0.29) is 12.5 Å². The van der Waals surface area contributed by atoms with Crippen LogP contribution in [0.1, 0.15) is 26.3 Å². The summed E-state index contributed by atoms with van der Waals surface area (Å²) in [6.07, 6.45) is 0. The fourth-order valence-electron chi connectivity index (χ4n) is 2.17. The molecule has 0 spiro atoms. The molecule has 1 aliphatic heterocycles. The van der Waals surface area contributed by atoms with Crippen LogP contribution in [0.2, 0.25) is 0 Å². The number of nitrogens with one attached hydrogen (secondary N) is 1. The molecule has 4 nitrogen and oxygen atoms in total. The maximum atomic E-state index is 12.2. The Kier molecular flexibility index (Phi) is 2.83. The van der Waals surface area contributed by atoms with E-state index in [0.717, 1.165) is 16.9 Å². The molecule has 1 aromatic carbocycles. The Hall–Kier alpha value is -1.55. The van der Waals surface area contributed by atoms with Crippen molar-refractivity contribution in [1.82, 2.24) is 0 Å². The number of aliphatic hydroxyl groups is 1. The van der Waals surface area contributed by atoms with Crippen LogP contribution >= 0.6 is 0 Å². The molecule has 17 heavy (non-hydrogen) atoms. The summed E-state index contributed by atoms with van der Waals surface area (Å²) in [5, 5.41) is 12.4. The molecule has 92 valence electrons. The van der Waals surface area contributed by atoms with E-state index >= 15 is 0 Å². The van der Waals surface area contributed by atoms with Gasteiger partial charge in [0.15, 0.2) is 0 Å². The molecule has 0 saturated heterocycles. The summed E-state index contributed by atoms with van der Waals surface area (Å²) in [7, 11) is 0. The van der Waals surface area contributed by atoms with Gasteiger partial charge in [-0.05, 0) is 38.5 Å². The Morgan fingerprint density at radius 3 is 2.71 bits per heavy atom. The average Bonchev–Trinajstić information content (AvgIpc) is 2.30. The minimum absolute atomic E-state index is 0.00938. The lowest BCUT2D eigenvalue weighted by molar-refractivity contribution is -0.122. The highest BCUT2D eigenvalue weighted by molar-refractivity contribution is 6.07. The van der Waals surface area contributed by atoms with Crippen LogP contribution in [0.25, 0.3) is 0 Å². The van der Waals surface area contributed by atoms with Crippen molar-refractivity contribution in [2.75, 3.05) is 16.8 Å². The molecule has 4 heteroatoms. The van der Waals surface area contributed by atoms with Gasteiger partial charge in [-0.1, -0.05) is 6.07 Å². The number of anilines is 2. The summed E-state index contributed by atoms with van der Waals surface area (Å²) in [6.45, 7) is 6.35. The van der Waals surface area contributed by atoms with Crippen molar-refractivity contribution in [1.29, 1.82) is 0 Å². The number of nitrogens with zero attached hydrogens (tertiary/aromatic N) is 1. The molecule has 0 saturated carbocycles. The summed E-state index contributed by atoms with van der Waals surface area (Å²) in [6, 6.07) is 5.62. The van der Waals surface area contributed by atoms with Crippen molar-refractivity contribution in [2.45, 2.75) is 32.9 Å². The van der Waals surface area contributed by atoms with Crippen molar-refractivity contribution in [3.05, 3.63) is 23.8 Å². The van der Waals surface area contributed by atoms with Gasteiger partial charge in [-0.2, -0.15) is 0 Å². The van der Waals surface area contributed by atoms with E-state index in [1.165, 1.54) is 0 Å². The number of carbonyl (C=O) groups is 1. The second-order valence-corrected chi connectivity index (χ2v) is 4.81. The van der Waals surface area contributed by atoms with Gasteiger partial charge in [0.25, 0.3) is 5.91 Å². The zero-order chi connectivity index (χ0) is 12.6. The molecule has 0 fully saturated rings. The van der Waals surface area contributed by atoms with Gasteiger partial charge in [0.1, 0.15) is 5.54 Å². The average molecular weight is 234 g/mol. The number of rotatable bonds is 2. The molecule has 1 amide bonds. The first-order valence-corrected chi connectivity index (χ1v) is 5.83. The quantitative estimate of drug-likeness (QED) is 0.819. The number of aliphatic hydroxyl groups excluding tert-OH is 1. The molecule has 0 aromatic heterocycles. The van der Waals surface area contributed by atoms with Crippen LogP contribution in [0.15, 0.2) is 18.2 Å². The molecule has 1 heterocycles. The van der Waals surface area contributed by atoms with Gasteiger partial charge in [-0.3, -0.25) is 4.79 Å². The lowest BCUT2D eigenvalue weighted by atomic mass is 9.97. The summed E-state index contributed by atoms with van der Waals surface area (Å²) in [5.41, 5.74) is 2.03. The van der Waals surface area contributed by atoms with E-state index in [1.54, 1.807) is 4.90 Å². The van der Waals surface area contributed by atoms with Gasteiger partial charge in [-0.25, -0.2) is 0 Å². The van der Waals surface area contributed by atoms with Crippen LogP contribution < -0.4 is 10.2 Å². The summed E-state index contributed by atoms with van der Waals surface area (Å²) in [5.74, 6) is 0.0734. The molecule has 2 rings (SSSR count). The van der Waals surface area contributed by atoms with Gasteiger partial charge >= 0.3 is 0 Å². The van der Waals surface area contributed by atoms with Crippen molar-refractivity contribution in [3.8, 4) is 0 Å². The van der Waals surface area contributed by atoms with Gasteiger partial charge in [0.05, 0.1) is 18.0 Å². The number of amides is 1. The van der Waals surface area contributed by atoms with E-state index in [9.17, 15) is 4.79 Å². The van der Waals surface area contributed by atoms with Crippen molar-refractivity contribution >= 4 is 17.3 Å². The summed E-state index contributed by atoms with van der Waals surface area (Å²) < 4.78 is 0. The van der Waals surface area contributed by atoms with Crippen LogP contribution in [-0.4, -0.2) is 23.1 Å². The topological polar surface area (TPSA) is 52.6 Å². The molecule has 1 aliphatic rings. The van der Waals surface area contributed by atoms with E-state index in [0.29, 0.717) is 6.54 Å². The SMILES string of the molecule is CCN1C(=O)C(C)(C)Nc2cc(CO)ccc21. The fourth-order valence-corrected chi connectivity index (χ4v) is 2.17. The van der Waals surface area contributed by atoms with Crippen LogP contribution in [0.5, 0.6) is 0 Å². The Morgan fingerprint density at radius 2 is 2.12 bits per heavy atom. The van der Waals surface area contributed by atoms with Crippen molar-refractivity contribution < 1.29 is 9.90 Å². The minimum Gasteiger partial charge on any atom is -0.392 e. The van der Waals surface area contributed by atoms with Gasteiger partial charge < -0.3 is 15.3 Å². The smallest absolute Gasteiger partial charge is 0.252 e. The predicted molar refractivity (Wildman–Crippen MR) is 68.1 cm³/mol. The first kappa shape index (κ1) is 11.9. The standard InChI is InChI=1S/C13H18N2O2/c1-4-15-11-6-5-9(8-16)7-10(11)14-13(2,3)12(15)17/h5-7,14,16H,4,8H2,1-3H3. The number of hydrogen-bond donors (Lipinski definition) is 2. The normalized spacial score (nSPS) is 17.6. The zero-order valence-electron chi connectivity index (χ0n) is 10.4. The van der Waals surface area contributed by atoms with Crippen molar-refractivity contribution in [3.63, 3.8) is 0 Å². The Bertz CT molecular complexity index is 455. The number of likely N-dealkylation sites (N-methyl/N-ethyl adjacent to an activating group) is 1. The van der Waals surface area contributed by atoms with Crippen LogP contribution in [0, 0.1) is 0 Å². The first-order valence-electron chi connectivity index (χ1n) is 5.83. The van der Waals surface area contributed by atoms with E-state index < -0.39 is 5.54 Å². The first-order chi connectivity index (χ1) is 7.99. The Morgan fingerprint density at radius 1 is 1.41 bits per heavy atom. The van der Waals surface area contributed by atoms with E-state index in [1.807, 2.05) is 39.0 Å². The molecule has 0 atom stereocenters. The highest BCUT2D eigenvalue weighted by atomic mass is 16.3. The summed E-state index contributed by atoms with van der Waals surface area (Å²) in [4.78, 5) is 14.0. The largest absolute Gasteiger partial charge is 0.392 e. The van der Waals surface area contributed by atoms with E-state index in [4.69, 9.17) is 5.11 Å². The second-order valence-electron chi connectivity index (χ2n) is 4.81. The second kappa shape index (κ2) is 4.04. The molecular weight excluding hydrogens is 216 g/mol. The number of fused-ring (bicyclic) bond motifs is 1. The molecule has 1 aromatic rings. The molecule has 2 N–H and O–H groups in total. The lowest BCUT2D eigenvalue weighted by Crippen LogP contribution is -2.53. The van der Waals surface area contributed by atoms with Gasteiger partial charge in [-0.15, -0.1) is 0 Å². The highest BCUT2D eigenvalue weighted by Crippen LogP contribution is 2.35. The maximum absolute atomic E-state index is 12.2. The number of carbonyl (C=O) groups excluding carboxylic acids is 1.